The van der Waals surface area contributed by atoms with Crippen molar-refractivity contribution in [1.82, 2.24) is 15.2 Å². The van der Waals surface area contributed by atoms with Gasteiger partial charge in [-0.05, 0) is 31.7 Å². The van der Waals surface area contributed by atoms with Crippen molar-refractivity contribution in [2.45, 2.75) is 45.6 Å². The number of rotatable bonds is 6. The van der Waals surface area contributed by atoms with Gasteiger partial charge >= 0.3 is 0 Å². The normalized spacial score (nSPS) is 18.8. The molecule has 1 fully saturated rings. The van der Waals surface area contributed by atoms with Gasteiger partial charge in [-0.15, -0.1) is 11.3 Å². The molecule has 1 aliphatic heterocycles. The smallest absolute Gasteiger partial charge is 0.225 e. The van der Waals surface area contributed by atoms with Crippen molar-refractivity contribution in [1.29, 1.82) is 0 Å². The lowest BCUT2D eigenvalue weighted by Crippen LogP contribution is -2.34. The van der Waals surface area contributed by atoms with Crippen LogP contribution in [0.2, 0.25) is 0 Å². The van der Waals surface area contributed by atoms with E-state index in [1.807, 2.05) is 19.1 Å². The van der Waals surface area contributed by atoms with E-state index in [1.54, 1.807) is 16.2 Å². The fraction of sp³-hybridized carbons (Fsp3) is 0.476. The summed E-state index contributed by atoms with van der Waals surface area (Å²) in [6.45, 7) is 3.72. The monoisotopic (exact) mass is 383 g/mol. The molecular weight excluding hydrogens is 358 g/mol. The van der Waals surface area contributed by atoms with Crippen LogP contribution in [0.1, 0.15) is 39.5 Å². The largest absolute Gasteiger partial charge is 0.355 e. The van der Waals surface area contributed by atoms with Crippen LogP contribution in [0.15, 0.2) is 24.3 Å². The Bertz CT molecular complexity index is 822. The van der Waals surface area contributed by atoms with Crippen LogP contribution < -0.4 is 5.32 Å². The van der Waals surface area contributed by atoms with Gasteiger partial charge in [0.05, 0.1) is 16.6 Å². The molecule has 1 unspecified atom stereocenters. The molecule has 5 nitrogen and oxygen atoms in total. The second-order valence-corrected chi connectivity index (χ2v) is 8.70. The number of carbonyl (C=O) groups excluding carboxylic acids is 2. The number of hydrogen-bond donors (Lipinski definition) is 1. The SMILES string of the molecule is Cc1ccc(CN2CC(C(=O)NCCc3nc4c(s3)CCC4)CC2=O)cc1. The Morgan fingerprint density at radius 3 is 2.89 bits per heavy atom. The fourth-order valence-electron chi connectivity index (χ4n) is 3.80. The molecule has 2 aromatic rings. The highest BCUT2D eigenvalue weighted by Crippen LogP contribution is 2.27. The molecule has 27 heavy (non-hydrogen) atoms. The van der Waals surface area contributed by atoms with Gasteiger partial charge in [-0.2, -0.15) is 0 Å². The maximum absolute atomic E-state index is 12.5. The summed E-state index contributed by atoms with van der Waals surface area (Å²) < 4.78 is 0. The van der Waals surface area contributed by atoms with E-state index in [0.717, 1.165) is 29.8 Å². The third-order valence-electron chi connectivity index (χ3n) is 5.36. The number of thiazole rings is 1. The lowest BCUT2D eigenvalue weighted by atomic mass is 10.1. The number of hydrogen-bond acceptors (Lipinski definition) is 4. The minimum Gasteiger partial charge on any atom is -0.355 e. The lowest BCUT2D eigenvalue weighted by molar-refractivity contribution is -0.129. The average molecular weight is 384 g/mol. The molecule has 142 valence electrons. The molecule has 1 aromatic heterocycles. The van der Waals surface area contributed by atoms with Crippen LogP contribution in [0, 0.1) is 12.8 Å². The van der Waals surface area contributed by atoms with Gasteiger partial charge in [0.15, 0.2) is 0 Å². The van der Waals surface area contributed by atoms with E-state index in [9.17, 15) is 9.59 Å². The van der Waals surface area contributed by atoms with Gasteiger partial charge in [-0.3, -0.25) is 9.59 Å². The van der Waals surface area contributed by atoms with Crippen LogP contribution >= 0.6 is 11.3 Å². The van der Waals surface area contributed by atoms with Gasteiger partial charge in [0, 0.05) is 37.4 Å². The Labute approximate surface area is 163 Å². The summed E-state index contributed by atoms with van der Waals surface area (Å²) >= 11 is 1.78. The summed E-state index contributed by atoms with van der Waals surface area (Å²) in [6, 6.07) is 8.19. The second-order valence-electron chi connectivity index (χ2n) is 7.53. The van der Waals surface area contributed by atoms with Gasteiger partial charge in [0.1, 0.15) is 0 Å². The van der Waals surface area contributed by atoms with Crippen molar-refractivity contribution in [2.24, 2.45) is 5.92 Å². The maximum Gasteiger partial charge on any atom is 0.225 e. The lowest BCUT2D eigenvalue weighted by Gasteiger charge is -2.17. The molecule has 0 bridgehead atoms. The molecule has 2 aliphatic rings. The van der Waals surface area contributed by atoms with E-state index < -0.39 is 0 Å². The van der Waals surface area contributed by atoms with Crippen LogP contribution in [0.4, 0.5) is 0 Å². The predicted molar refractivity (Wildman–Crippen MR) is 106 cm³/mol. The van der Waals surface area contributed by atoms with Crippen molar-refractivity contribution < 1.29 is 9.59 Å². The third kappa shape index (κ3) is 4.21. The Kier molecular flexibility index (Phi) is 5.25. The molecule has 4 rings (SSSR count). The zero-order valence-electron chi connectivity index (χ0n) is 15.7. The van der Waals surface area contributed by atoms with Gasteiger partial charge in [0.25, 0.3) is 0 Å². The highest BCUT2D eigenvalue weighted by molar-refractivity contribution is 7.11. The number of amides is 2. The molecule has 0 saturated carbocycles. The summed E-state index contributed by atoms with van der Waals surface area (Å²) in [7, 11) is 0. The van der Waals surface area contributed by atoms with E-state index in [2.05, 4.69) is 22.4 Å². The van der Waals surface area contributed by atoms with Crippen LogP contribution in [0.5, 0.6) is 0 Å². The second kappa shape index (κ2) is 7.80. The van der Waals surface area contributed by atoms with Crippen LogP contribution in [0.25, 0.3) is 0 Å². The summed E-state index contributed by atoms with van der Waals surface area (Å²) in [4.78, 5) is 32.6. The molecule has 1 saturated heterocycles. The number of aromatic nitrogens is 1. The van der Waals surface area contributed by atoms with Gasteiger partial charge in [-0.25, -0.2) is 4.98 Å². The van der Waals surface area contributed by atoms with E-state index in [0.29, 0.717) is 26.1 Å². The first kappa shape index (κ1) is 18.2. The minimum absolute atomic E-state index is 0.0150. The van der Waals surface area contributed by atoms with E-state index >= 15 is 0 Å². The van der Waals surface area contributed by atoms with Gasteiger partial charge < -0.3 is 10.2 Å². The van der Waals surface area contributed by atoms with Crippen LogP contribution in [-0.2, 0) is 35.4 Å². The predicted octanol–water partition coefficient (Wildman–Crippen LogP) is 2.65. The van der Waals surface area contributed by atoms with Gasteiger partial charge in [-0.1, -0.05) is 29.8 Å². The quantitative estimate of drug-likeness (QED) is 0.834. The van der Waals surface area contributed by atoms with E-state index in [1.165, 1.54) is 22.6 Å². The first-order valence-electron chi connectivity index (χ1n) is 9.67. The minimum atomic E-state index is -0.246. The summed E-state index contributed by atoms with van der Waals surface area (Å²) in [5.74, 6) is -0.199. The number of fused-ring (bicyclic) bond motifs is 1. The molecule has 1 N–H and O–H groups in total. The number of aryl methyl sites for hydroxylation is 3. The maximum atomic E-state index is 12.5. The van der Waals surface area contributed by atoms with Crippen LogP contribution in [-0.4, -0.2) is 34.8 Å². The summed E-state index contributed by atoms with van der Waals surface area (Å²) in [5.41, 5.74) is 3.57. The highest BCUT2D eigenvalue weighted by Gasteiger charge is 2.34. The summed E-state index contributed by atoms with van der Waals surface area (Å²) in [5, 5.41) is 4.11. The summed E-state index contributed by atoms with van der Waals surface area (Å²) in [6.07, 6.45) is 4.56. The Morgan fingerprint density at radius 2 is 2.11 bits per heavy atom. The zero-order chi connectivity index (χ0) is 18.8. The molecular formula is C21H25N3O2S. The standard InChI is InChI=1S/C21H25N3O2S/c1-14-5-7-15(8-6-14)12-24-13-16(11-20(24)25)21(26)22-10-9-19-23-17-3-2-4-18(17)27-19/h5-8,16H,2-4,9-13H2,1H3,(H,22,26). The molecule has 2 amide bonds. The number of nitrogens with zero attached hydrogens (tertiary/aromatic N) is 2. The molecule has 2 heterocycles. The van der Waals surface area contributed by atoms with Gasteiger partial charge in [0.2, 0.25) is 11.8 Å². The fourth-order valence-corrected chi connectivity index (χ4v) is 4.96. The first-order chi connectivity index (χ1) is 13.1. The van der Waals surface area contributed by atoms with Crippen LogP contribution in [0.3, 0.4) is 0 Å². The molecule has 1 aromatic carbocycles. The number of nitrogens with one attached hydrogen (secondary N) is 1. The molecule has 6 heteroatoms. The van der Waals surface area contributed by atoms with Crippen molar-refractivity contribution in [3.8, 4) is 0 Å². The Hall–Kier alpha value is -2.21. The topological polar surface area (TPSA) is 62.3 Å². The highest BCUT2D eigenvalue weighted by atomic mass is 32.1. The molecule has 1 atom stereocenters. The van der Waals surface area contributed by atoms with Crippen molar-refractivity contribution in [3.63, 3.8) is 0 Å². The molecule has 0 spiro atoms. The Balaban J connectivity index is 1.25. The van der Waals surface area contributed by atoms with Crippen molar-refractivity contribution in [2.75, 3.05) is 13.1 Å². The molecule has 1 aliphatic carbocycles. The van der Waals surface area contributed by atoms with E-state index in [4.69, 9.17) is 0 Å². The number of carbonyl (C=O) groups is 2. The zero-order valence-corrected chi connectivity index (χ0v) is 16.5. The first-order valence-corrected chi connectivity index (χ1v) is 10.5. The van der Waals surface area contributed by atoms with Crippen molar-refractivity contribution >= 4 is 23.2 Å². The average Bonchev–Trinajstić information content (AvgIpc) is 3.32. The number of benzene rings is 1. The molecule has 0 radical (unpaired) electrons. The third-order valence-corrected chi connectivity index (χ3v) is 6.57. The van der Waals surface area contributed by atoms with E-state index in [-0.39, 0.29) is 17.7 Å². The van der Waals surface area contributed by atoms with Crippen molar-refractivity contribution in [3.05, 3.63) is 51.0 Å². The number of likely N-dealkylation sites (tertiary alicyclic amines) is 1. The Morgan fingerprint density at radius 1 is 1.30 bits per heavy atom.